The summed E-state index contributed by atoms with van der Waals surface area (Å²) >= 11 is 0. The molecule has 1 aromatic carbocycles. The Balaban J connectivity index is 1.97. The van der Waals surface area contributed by atoms with Gasteiger partial charge in [-0.25, -0.2) is 13.8 Å². The SMILES string of the molecule is COc1nc(-c2cc(F)cc(F)c2)nc2c1CN(CC(C)(C)O)CC2. The Labute approximate surface area is 145 Å². The molecule has 7 heteroatoms. The molecule has 0 amide bonds. The molecule has 0 saturated carbocycles. The van der Waals surface area contributed by atoms with E-state index in [0.717, 1.165) is 23.9 Å². The van der Waals surface area contributed by atoms with Crippen LogP contribution in [0.3, 0.4) is 0 Å². The molecule has 3 rings (SSSR count). The zero-order valence-corrected chi connectivity index (χ0v) is 14.5. The lowest BCUT2D eigenvalue weighted by molar-refractivity contribution is 0.0311. The molecule has 0 spiro atoms. The van der Waals surface area contributed by atoms with E-state index in [9.17, 15) is 13.9 Å². The van der Waals surface area contributed by atoms with Crippen LogP contribution in [0.15, 0.2) is 18.2 Å². The van der Waals surface area contributed by atoms with E-state index >= 15 is 0 Å². The molecule has 0 aliphatic carbocycles. The fourth-order valence-corrected chi connectivity index (χ4v) is 3.10. The second-order valence-electron chi connectivity index (χ2n) is 6.91. The van der Waals surface area contributed by atoms with Crippen LogP contribution in [0.5, 0.6) is 5.88 Å². The van der Waals surface area contributed by atoms with Crippen molar-refractivity contribution in [2.24, 2.45) is 0 Å². The van der Waals surface area contributed by atoms with Gasteiger partial charge in [0, 0.05) is 43.2 Å². The highest BCUT2D eigenvalue weighted by Gasteiger charge is 2.27. The number of hydrogen-bond donors (Lipinski definition) is 1. The Morgan fingerprint density at radius 2 is 1.88 bits per heavy atom. The second-order valence-corrected chi connectivity index (χ2v) is 6.91. The minimum atomic E-state index is -0.801. The summed E-state index contributed by atoms with van der Waals surface area (Å²) in [6.45, 7) is 5.33. The van der Waals surface area contributed by atoms with Crippen molar-refractivity contribution in [2.45, 2.75) is 32.4 Å². The highest BCUT2D eigenvalue weighted by atomic mass is 19.1. The van der Waals surface area contributed by atoms with E-state index in [4.69, 9.17) is 4.74 Å². The Kier molecular flexibility index (Phi) is 4.71. The summed E-state index contributed by atoms with van der Waals surface area (Å²) in [6.07, 6.45) is 0.648. The molecule has 134 valence electrons. The fourth-order valence-electron chi connectivity index (χ4n) is 3.10. The Bertz CT molecular complexity index is 753. The van der Waals surface area contributed by atoms with Crippen molar-refractivity contribution < 1.29 is 18.6 Å². The maximum Gasteiger partial charge on any atom is 0.221 e. The van der Waals surface area contributed by atoms with Gasteiger partial charge >= 0.3 is 0 Å². The molecule has 0 unspecified atom stereocenters. The van der Waals surface area contributed by atoms with E-state index in [0.29, 0.717) is 25.4 Å². The number of halogens is 2. The van der Waals surface area contributed by atoms with Gasteiger partial charge in [0.05, 0.1) is 18.4 Å². The average Bonchev–Trinajstić information content (AvgIpc) is 2.51. The molecule has 0 saturated heterocycles. The summed E-state index contributed by atoms with van der Waals surface area (Å²) in [6, 6.07) is 3.22. The third-order valence-electron chi connectivity index (χ3n) is 4.03. The topological polar surface area (TPSA) is 58.5 Å². The molecule has 1 aliphatic rings. The van der Waals surface area contributed by atoms with Gasteiger partial charge < -0.3 is 9.84 Å². The van der Waals surface area contributed by atoms with Gasteiger partial charge in [0.15, 0.2) is 5.82 Å². The molecule has 1 aliphatic heterocycles. The lowest BCUT2D eigenvalue weighted by atomic mass is 10.0. The highest BCUT2D eigenvalue weighted by molar-refractivity contribution is 5.57. The van der Waals surface area contributed by atoms with Crippen molar-refractivity contribution in [2.75, 3.05) is 20.2 Å². The number of methoxy groups -OCH3 is 1. The van der Waals surface area contributed by atoms with E-state index in [2.05, 4.69) is 14.9 Å². The molecule has 2 aromatic rings. The van der Waals surface area contributed by atoms with Crippen LogP contribution in [-0.4, -0.2) is 45.8 Å². The minimum Gasteiger partial charge on any atom is -0.481 e. The first-order chi connectivity index (χ1) is 11.7. The smallest absolute Gasteiger partial charge is 0.221 e. The van der Waals surface area contributed by atoms with Crippen molar-refractivity contribution in [3.8, 4) is 17.3 Å². The molecule has 0 fully saturated rings. The van der Waals surface area contributed by atoms with Crippen molar-refractivity contribution in [1.82, 2.24) is 14.9 Å². The Hall–Kier alpha value is -2.12. The van der Waals surface area contributed by atoms with E-state index in [-0.39, 0.29) is 11.4 Å². The molecule has 25 heavy (non-hydrogen) atoms. The number of β-amino-alcohol motifs (C(OH)–C–C–N with tert-alkyl or cyclic N) is 1. The van der Waals surface area contributed by atoms with E-state index in [1.807, 2.05) is 0 Å². The normalized spacial score (nSPS) is 15.1. The first kappa shape index (κ1) is 17.7. The highest BCUT2D eigenvalue weighted by Crippen LogP contribution is 2.29. The van der Waals surface area contributed by atoms with Crippen LogP contribution in [0.25, 0.3) is 11.4 Å². The molecular weight excluding hydrogens is 328 g/mol. The first-order valence-corrected chi connectivity index (χ1v) is 8.10. The van der Waals surface area contributed by atoms with Crippen molar-refractivity contribution >= 4 is 0 Å². The summed E-state index contributed by atoms with van der Waals surface area (Å²) in [5.41, 5.74) is 1.12. The number of aromatic nitrogens is 2. The summed E-state index contributed by atoms with van der Waals surface area (Å²) in [7, 11) is 1.51. The van der Waals surface area contributed by atoms with Gasteiger partial charge in [0.1, 0.15) is 11.6 Å². The number of fused-ring (bicyclic) bond motifs is 1. The van der Waals surface area contributed by atoms with E-state index < -0.39 is 17.2 Å². The van der Waals surface area contributed by atoms with Gasteiger partial charge in [-0.2, -0.15) is 4.98 Å². The zero-order valence-electron chi connectivity index (χ0n) is 14.5. The van der Waals surface area contributed by atoms with E-state index in [1.54, 1.807) is 13.8 Å². The number of hydrogen-bond acceptors (Lipinski definition) is 5. The number of aliphatic hydroxyl groups is 1. The van der Waals surface area contributed by atoms with Crippen LogP contribution < -0.4 is 4.74 Å². The standard InChI is InChI=1S/C18H21F2N3O2/c1-18(2,24)10-23-5-4-15-14(9-23)17(25-3)22-16(21-15)11-6-12(19)8-13(20)7-11/h6-8,24H,4-5,9-10H2,1-3H3. The quantitative estimate of drug-likeness (QED) is 0.919. The molecule has 1 N–H and O–H groups in total. The van der Waals surface area contributed by atoms with Gasteiger partial charge in [-0.15, -0.1) is 0 Å². The lowest BCUT2D eigenvalue weighted by Gasteiger charge is -2.33. The number of benzene rings is 1. The van der Waals surface area contributed by atoms with Gasteiger partial charge in [-0.3, -0.25) is 4.90 Å². The van der Waals surface area contributed by atoms with Gasteiger partial charge in [0.25, 0.3) is 0 Å². The number of ether oxygens (including phenoxy) is 1. The summed E-state index contributed by atoms with van der Waals surface area (Å²) in [4.78, 5) is 10.9. The van der Waals surface area contributed by atoms with Crippen LogP contribution >= 0.6 is 0 Å². The van der Waals surface area contributed by atoms with Crippen LogP contribution in [0.4, 0.5) is 8.78 Å². The van der Waals surface area contributed by atoms with Gasteiger partial charge in [-0.1, -0.05) is 0 Å². The summed E-state index contributed by atoms with van der Waals surface area (Å²) in [5, 5.41) is 10.0. The predicted octanol–water partition coefficient (Wildman–Crippen LogP) is 2.56. The Morgan fingerprint density at radius 3 is 2.48 bits per heavy atom. The average molecular weight is 349 g/mol. The zero-order chi connectivity index (χ0) is 18.2. The molecule has 1 aromatic heterocycles. The maximum atomic E-state index is 13.5. The van der Waals surface area contributed by atoms with Gasteiger partial charge in [-0.05, 0) is 26.0 Å². The van der Waals surface area contributed by atoms with Crippen molar-refractivity contribution in [1.29, 1.82) is 0 Å². The Morgan fingerprint density at radius 1 is 1.20 bits per heavy atom. The number of rotatable bonds is 4. The van der Waals surface area contributed by atoms with Crippen LogP contribution in [0.1, 0.15) is 25.1 Å². The lowest BCUT2D eigenvalue weighted by Crippen LogP contribution is -2.41. The molecule has 5 nitrogen and oxygen atoms in total. The van der Waals surface area contributed by atoms with Crippen LogP contribution in [0, 0.1) is 11.6 Å². The minimum absolute atomic E-state index is 0.241. The third-order valence-corrected chi connectivity index (χ3v) is 4.03. The molecule has 0 radical (unpaired) electrons. The monoisotopic (exact) mass is 349 g/mol. The molecule has 0 atom stereocenters. The van der Waals surface area contributed by atoms with Crippen LogP contribution in [0.2, 0.25) is 0 Å². The summed E-state index contributed by atoms with van der Waals surface area (Å²) < 4.78 is 32.4. The molecular formula is C18H21F2N3O2. The fraction of sp³-hybridized carbons (Fsp3) is 0.444. The van der Waals surface area contributed by atoms with Crippen molar-refractivity contribution in [3.05, 3.63) is 41.1 Å². The maximum absolute atomic E-state index is 13.5. The first-order valence-electron chi connectivity index (χ1n) is 8.10. The molecule has 0 bridgehead atoms. The largest absolute Gasteiger partial charge is 0.481 e. The predicted molar refractivity (Wildman–Crippen MR) is 89.2 cm³/mol. The summed E-state index contributed by atoms with van der Waals surface area (Å²) in [5.74, 6) is -0.715. The van der Waals surface area contributed by atoms with E-state index in [1.165, 1.54) is 19.2 Å². The second kappa shape index (κ2) is 6.65. The van der Waals surface area contributed by atoms with Crippen molar-refractivity contribution in [3.63, 3.8) is 0 Å². The van der Waals surface area contributed by atoms with Gasteiger partial charge in [0.2, 0.25) is 5.88 Å². The molecule has 2 heterocycles. The number of nitrogens with zero attached hydrogens (tertiary/aromatic N) is 3. The van der Waals surface area contributed by atoms with Crippen LogP contribution in [-0.2, 0) is 13.0 Å². The third kappa shape index (κ3) is 4.11.